The van der Waals surface area contributed by atoms with Crippen molar-refractivity contribution in [3.63, 3.8) is 0 Å². The van der Waals surface area contributed by atoms with Crippen LogP contribution in [0.4, 0.5) is 0 Å². The molecule has 5 nitrogen and oxygen atoms in total. The number of rotatable bonds is 5. The van der Waals surface area contributed by atoms with E-state index in [9.17, 15) is 0 Å². The van der Waals surface area contributed by atoms with Gasteiger partial charge in [0.1, 0.15) is 5.01 Å². The van der Waals surface area contributed by atoms with Crippen molar-refractivity contribution in [2.75, 3.05) is 7.05 Å². The summed E-state index contributed by atoms with van der Waals surface area (Å²) in [5.41, 5.74) is 1.06. The first-order valence-electron chi connectivity index (χ1n) is 6.97. The van der Waals surface area contributed by atoms with E-state index in [1.807, 2.05) is 25.2 Å². The van der Waals surface area contributed by atoms with Crippen molar-refractivity contribution >= 4 is 21.6 Å². The summed E-state index contributed by atoms with van der Waals surface area (Å²) in [5, 5.41) is 5.08. The Morgan fingerprint density at radius 2 is 2.00 bits per heavy atom. The second kappa shape index (κ2) is 5.91. The van der Waals surface area contributed by atoms with Crippen molar-refractivity contribution in [3.05, 3.63) is 41.0 Å². The molecule has 2 aromatic heterocycles. The summed E-state index contributed by atoms with van der Waals surface area (Å²) < 4.78 is 6.50. The average molecular weight is 302 g/mol. The lowest BCUT2D eigenvalue weighted by molar-refractivity contribution is 0.260. The van der Waals surface area contributed by atoms with Gasteiger partial charge in [-0.05, 0) is 19.2 Å². The zero-order valence-corrected chi connectivity index (χ0v) is 13.2. The Morgan fingerprint density at radius 1 is 1.19 bits per heavy atom. The van der Waals surface area contributed by atoms with Gasteiger partial charge in [-0.2, -0.15) is 4.98 Å². The Morgan fingerprint density at radius 3 is 2.71 bits per heavy atom. The lowest BCUT2D eigenvalue weighted by Gasteiger charge is -2.11. The molecule has 0 saturated heterocycles. The zero-order chi connectivity index (χ0) is 14.8. The molecular formula is C15H18N4OS. The van der Waals surface area contributed by atoms with Crippen molar-refractivity contribution in [1.29, 1.82) is 0 Å². The predicted molar refractivity (Wildman–Crippen MR) is 83.2 cm³/mol. The van der Waals surface area contributed by atoms with Gasteiger partial charge in [0.05, 0.1) is 23.3 Å². The highest BCUT2D eigenvalue weighted by molar-refractivity contribution is 7.18. The summed E-state index contributed by atoms with van der Waals surface area (Å²) in [6.45, 7) is 5.52. The lowest BCUT2D eigenvalue weighted by atomic mass is 10.2. The monoisotopic (exact) mass is 302 g/mol. The van der Waals surface area contributed by atoms with E-state index in [1.165, 1.54) is 4.70 Å². The van der Waals surface area contributed by atoms with Crippen LogP contribution in [0.5, 0.6) is 0 Å². The number of hydrogen-bond acceptors (Lipinski definition) is 6. The summed E-state index contributed by atoms with van der Waals surface area (Å²) in [6.07, 6.45) is 0. The molecule has 3 rings (SSSR count). The molecule has 0 saturated carbocycles. The third-order valence-electron chi connectivity index (χ3n) is 3.15. The van der Waals surface area contributed by atoms with Crippen LogP contribution in [0.25, 0.3) is 10.2 Å². The van der Waals surface area contributed by atoms with Crippen LogP contribution in [-0.4, -0.2) is 27.1 Å². The van der Waals surface area contributed by atoms with Crippen LogP contribution in [0.1, 0.15) is 36.5 Å². The van der Waals surface area contributed by atoms with Crippen LogP contribution < -0.4 is 0 Å². The van der Waals surface area contributed by atoms with E-state index in [0.29, 0.717) is 12.4 Å². The summed E-state index contributed by atoms with van der Waals surface area (Å²) in [4.78, 5) is 11.2. The standard InChI is InChI=1S/C15H18N4OS/c1-10(2)15-17-13(20-18-15)8-19(3)9-14-16-11-6-4-5-7-12(11)21-14/h4-7,10H,8-9H2,1-3H3. The molecule has 0 radical (unpaired) electrons. The molecule has 0 spiro atoms. The second-order valence-corrected chi connectivity index (χ2v) is 6.56. The van der Waals surface area contributed by atoms with E-state index in [4.69, 9.17) is 4.52 Å². The molecule has 2 heterocycles. The largest absolute Gasteiger partial charge is 0.338 e. The Labute approximate surface area is 127 Å². The minimum absolute atomic E-state index is 0.289. The maximum Gasteiger partial charge on any atom is 0.240 e. The van der Waals surface area contributed by atoms with Gasteiger partial charge < -0.3 is 4.52 Å². The van der Waals surface area contributed by atoms with Gasteiger partial charge in [-0.1, -0.05) is 31.1 Å². The molecule has 0 atom stereocenters. The first-order chi connectivity index (χ1) is 10.1. The number of nitrogens with zero attached hydrogens (tertiary/aromatic N) is 4. The smallest absolute Gasteiger partial charge is 0.240 e. The molecule has 0 aliphatic heterocycles. The van der Waals surface area contributed by atoms with Gasteiger partial charge in [-0.15, -0.1) is 11.3 Å². The quantitative estimate of drug-likeness (QED) is 0.722. The molecular weight excluding hydrogens is 284 g/mol. The fourth-order valence-electron chi connectivity index (χ4n) is 2.07. The van der Waals surface area contributed by atoms with Crippen LogP contribution in [0, 0.1) is 0 Å². The minimum Gasteiger partial charge on any atom is -0.338 e. The fourth-order valence-corrected chi connectivity index (χ4v) is 3.12. The summed E-state index contributed by atoms with van der Waals surface area (Å²) in [6, 6.07) is 8.20. The molecule has 110 valence electrons. The fraction of sp³-hybridized carbons (Fsp3) is 0.400. The number of para-hydroxylation sites is 1. The van der Waals surface area contributed by atoms with Gasteiger partial charge >= 0.3 is 0 Å². The Hall–Kier alpha value is -1.79. The van der Waals surface area contributed by atoms with Gasteiger partial charge in [0, 0.05) is 5.92 Å². The van der Waals surface area contributed by atoms with E-state index in [2.05, 4.69) is 39.9 Å². The lowest BCUT2D eigenvalue weighted by Crippen LogP contribution is -2.17. The third-order valence-corrected chi connectivity index (χ3v) is 4.17. The van der Waals surface area contributed by atoms with E-state index in [0.717, 1.165) is 22.9 Å². The third kappa shape index (κ3) is 3.28. The molecule has 0 fully saturated rings. The molecule has 0 N–H and O–H groups in total. The highest BCUT2D eigenvalue weighted by Crippen LogP contribution is 2.22. The summed E-state index contributed by atoms with van der Waals surface area (Å²) >= 11 is 1.73. The number of hydrogen-bond donors (Lipinski definition) is 0. The predicted octanol–water partition coefficient (Wildman–Crippen LogP) is 3.43. The summed E-state index contributed by atoms with van der Waals surface area (Å²) in [7, 11) is 2.03. The van der Waals surface area contributed by atoms with Crippen LogP contribution in [0.3, 0.4) is 0 Å². The Kier molecular flexibility index (Phi) is 3.98. The van der Waals surface area contributed by atoms with Gasteiger partial charge in [-0.25, -0.2) is 4.98 Å². The van der Waals surface area contributed by atoms with Crippen LogP contribution >= 0.6 is 11.3 Å². The SMILES string of the molecule is CC(C)c1noc(CN(C)Cc2nc3ccccc3s2)n1. The first kappa shape index (κ1) is 14.2. The highest BCUT2D eigenvalue weighted by Gasteiger charge is 2.13. The molecule has 0 amide bonds. The number of aromatic nitrogens is 3. The van der Waals surface area contributed by atoms with E-state index in [1.54, 1.807) is 11.3 Å². The highest BCUT2D eigenvalue weighted by atomic mass is 32.1. The normalized spacial score (nSPS) is 11.9. The topological polar surface area (TPSA) is 55.1 Å². The van der Waals surface area contributed by atoms with Crippen LogP contribution in [0.2, 0.25) is 0 Å². The van der Waals surface area contributed by atoms with Crippen molar-refractivity contribution in [2.45, 2.75) is 32.9 Å². The molecule has 0 bridgehead atoms. The number of thiazole rings is 1. The second-order valence-electron chi connectivity index (χ2n) is 5.45. The van der Waals surface area contributed by atoms with Crippen molar-refractivity contribution in [2.24, 2.45) is 0 Å². The Bertz CT molecular complexity index is 701. The molecule has 0 aliphatic rings. The molecule has 3 aromatic rings. The van der Waals surface area contributed by atoms with E-state index >= 15 is 0 Å². The first-order valence-corrected chi connectivity index (χ1v) is 7.79. The van der Waals surface area contributed by atoms with Crippen LogP contribution in [0.15, 0.2) is 28.8 Å². The molecule has 0 unspecified atom stereocenters. The number of benzene rings is 1. The van der Waals surface area contributed by atoms with Gasteiger partial charge in [0.2, 0.25) is 5.89 Å². The average Bonchev–Trinajstić information content (AvgIpc) is 3.04. The Balaban J connectivity index is 1.66. The van der Waals surface area contributed by atoms with E-state index < -0.39 is 0 Å². The van der Waals surface area contributed by atoms with Crippen molar-refractivity contribution in [3.8, 4) is 0 Å². The van der Waals surface area contributed by atoms with Crippen LogP contribution in [-0.2, 0) is 13.1 Å². The minimum atomic E-state index is 0.289. The maximum absolute atomic E-state index is 5.27. The van der Waals surface area contributed by atoms with Gasteiger partial charge in [0.15, 0.2) is 5.82 Å². The summed E-state index contributed by atoms with van der Waals surface area (Å²) in [5.74, 6) is 1.71. The molecule has 0 aliphatic carbocycles. The van der Waals surface area contributed by atoms with Crippen molar-refractivity contribution < 1.29 is 4.52 Å². The number of fused-ring (bicyclic) bond motifs is 1. The molecule has 6 heteroatoms. The van der Waals surface area contributed by atoms with Crippen molar-refractivity contribution in [1.82, 2.24) is 20.0 Å². The molecule has 1 aromatic carbocycles. The van der Waals surface area contributed by atoms with Gasteiger partial charge in [-0.3, -0.25) is 4.90 Å². The molecule has 21 heavy (non-hydrogen) atoms. The van der Waals surface area contributed by atoms with Gasteiger partial charge in [0.25, 0.3) is 0 Å². The van der Waals surface area contributed by atoms with E-state index in [-0.39, 0.29) is 5.92 Å². The maximum atomic E-state index is 5.27. The zero-order valence-electron chi connectivity index (χ0n) is 12.4.